The maximum Gasteiger partial charge on any atom is 0.347 e. The minimum absolute atomic E-state index is 0.0845. The number of ether oxygens (including phenoxy) is 2. The third kappa shape index (κ3) is 5.16. The molecule has 270 valence electrons. The van der Waals surface area contributed by atoms with Crippen LogP contribution in [0, 0.1) is 11.8 Å². The molecule has 12 heteroatoms. The second-order valence-corrected chi connectivity index (χ2v) is 14.0. The van der Waals surface area contributed by atoms with Crippen LogP contribution in [0.5, 0.6) is 5.75 Å². The number of anilines is 1. The number of hydrogen-bond acceptors (Lipinski definition) is 11. The highest BCUT2D eigenvalue weighted by atomic mass is 32.1. The van der Waals surface area contributed by atoms with E-state index in [0.717, 1.165) is 11.3 Å². The Morgan fingerprint density at radius 2 is 1.46 bits per heavy atom. The average Bonchev–Trinajstić information content (AvgIpc) is 3.86. The van der Waals surface area contributed by atoms with Crippen molar-refractivity contribution in [2.45, 2.75) is 18.5 Å². The SMILES string of the molecule is CCN1C(=O)C2C(C1=O)C(c1ccccc1)(c1ccccc1)N(c1nc(-c3ccc(OC)cc3)c(C(=O)c3cc4ccccc4oc3=O)s1)[C@H]2C(=O)OC. The molecular formula is C42H33N3O8S. The Bertz CT molecular complexity index is 2460. The predicted octanol–water partition coefficient (Wildman–Crippen LogP) is 6.08. The number of aromatic nitrogens is 1. The van der Waals surface area contributed by atoms with E-state index in [4.69, 9.17) is 18.9 Å². The van der Waals surface area contributed by atoms with E-state index in [-0.39, 0.29) is 27.8 Å². The number of fused-ring (bicyclic) bond motifs is 2. The fraction of sp³-hybridized carbons (Fsp3) is 0.190. The predicted molar refractivity (Wildman–Crippen MR) is 201 cm³/mol. The molecule has 4 heterocycles. The maximum absolute atomic E-state index is 14.7. The number of benzene rings is 4. The van der Waals surface area contributed by atoms with Gasteiger partial charge in [0.2, 0.25) is 17.6 Å². The first-order valence-electron chi connectivity index (χ1n) is 17.3. The molecule has 2 aliphatic heterocycles. The third-order valence-electron chi connectivity index (χ3n) is 10.4. The van der Waals surface area contributed by atoms with Crippen LogP contribution in [-0.2, 0) is 24.7 Å². The number of carbonyl (C=O) groups excluding carboxylic acids is 4. The summed E-state index contributed by atoms with van der Waals surface area (Å²) >= 11 is 0.959. The molecule has 0 spiro atoms. The number of rotatable bonds is 9. The van der Waals surface area contributed by atoms with Crippen LogP contribution >= 0.6 is 11.3 Å². The van der Waals surface area contributed by atoms with Crippen LogP contribution < -0.4 is 15.3 Å². The van der Waals surface area contributed by atoms with E-state index in [1.807, 2.05) is 60.7 Å². The summed E-state index contributed by atoms with van der Waals surface area (Å²) < 4.78 is 16.4. The van der Waals surface area contributed by atoms with Crippen LogP contribution in [-0.4, -0.2) is 60.3 Å². The number of imide groups is 1. The van der Waals surface area contributed by atoms with Gasteiger partial charge in [-0.15, -0.1) is 0 Å². The molecule has 2 fully saturated rings. The minimum Gasteiger partial charge on any atom is -0.497 e. The van der Waals surface area contributed by atoms with Crippen LogP contribution in [0.15, 0.2) is 124 Å². The molecule has 6 aromatic rings. The van der Waals surface area contributed by atoms with Crippen LogP contribution in [0.25, 0.3) is 22.2 Å². The van der Waals surface area contributed by atoms with Crippen molar-refractivity contribution in [1.82, 2.24) is 9.88 Å². The van der Waals surface area contributed by atoms with Gasteiger partial charge in [-0.25, -0.2) is 14.6 Å². The molecule has 2 unspecified atom stereocenters. The van der Waals surface area contributed by atoms with E-state index in [1.165, 1.54) is 25.2 Å². The van der Waals surface area contributed by atoms with Gasteiger partial charge < -0.3 is 18.8 Å². The zero-order chi connectivity index (χ0) is 37.7. The molecule has 4 aromatic carbocycles. The number of carbonyl (C=O) groups is 4. The number of thiazole rings is 1. The van der Waals surface area contributed by atoms with Gasteiger partial charge in [-0.1, -0.05) is 90.2 Å². The van der Waals surface area contributed by atoms with E-state index in [2.05, 4.69) is 0 Å². The van der Waals surface area contributed by atoms with Gasteiger partial charge in [-0.2, -0.15) is 0 Å². The summed E-state index contributed by atoms with van der Waals surface area (Å²) in [6.45, 7) is 1.84. The first kappa shape index (κ1) is 34.7. The first-order valence-corrected chi connectivity index (χ1v) is 18.1. The second kappa shape index (κ2) is 13.5. The third-order valence-corrected chi connectivity index (χ3v) is 11.4. The van der Waals surface area contributed by atoms with Crippen molar-refractivity contribution in [2.75, 3.05) is 25.7 Å². The molecule has 2 aliphatic rings. The molecule has 11 nitrogen and oxygen atoms in total. The van der Waals surface area contributed by atoms with Crippen molar-refractivity contribution in [1.29, 1.82) is 0 Å². The molecule has 0 saturated carbocycles. The van der Waals surface area contributed by atoms with E-state index in [9.17, 15) is 24.0 Å². The molecule has 2 aromatic heterocycles. The summed E-state index contributed by atoms with van der Waals surface area (Å²) in [5.74, 6) is -4.01. The number of likely N-dealkylation sites (tertiary alicyclic amines) is 1. The Balaban J connectivity index is 1.44. The highest BCUT2D eigenvalue weighted by molar-refractivity contribution is 7.18. The van der Waals surface area contributed by atoms with Gasteiger partial charge in [0.25, 0.3) is 0 Å². The zero-order valence-corrected chi connectivity index (χ0v) is 30.2. The average molecular weight is 740 g/mol. The van der Waals surface area contributed by atoms with Gasteiger partial charge in [0.15, 0.2) is 5.13 Å². The summed E-state index contributed by atoms with van der Waals surface area (Å²) in [6, 6.07) is 32.4. The molecule has 0 N–H and O–H groups in total. The molecular weight excluding hydrogens is 707 g/mol. The lowest BCUT2D eigenvalue weighted by Gasteiger charge is -2.44. The highest BCUT2D eigenvalue weighted by Gasteiger charge is 2.72. The van der Waals surface area contributed by atoms with Crippen molar-refractivity contribution in [3.63, 3.8) is 0 Å². The lowest BCUT2D eigenvalue weighted by molar-refractivity contribution is -0.147. The normalized spacial score (nSPS) is 18.9. The van der Waals surface area contributed by atoms with Gasteiger partial charge >= 0.3 is 11.6 Å². The van der Waals surface area contributed by atoms with Crippen molar-refractivity contribution in [2.24, 2.45) is 11.8 Å². The Kier molecular flexibility index (Phi) is 8.69. The van der Waals surface area contributed by atoms with Crippen LogP contribution in [0.3, 0.4) is 0 Å². The molecule has 54 heavy (non-hydrogen) atoms. The first-order chi connectivity index (χ1) is 26.2. The Morgan fingerprint density at radius 1 is 0.833 bits per heavy atom. The molecule has 2 amide bonds. The van der Waals surface area contributed by atoms with Gasteiger partial charge in [-0.05, 0) is 54.4 Å². The van der Waals surface area contributed by atoms with Gasteiger partial charge in [0, 0.05) is 17.5 Å². The summed E-state index contributed by atoms with van der Waals surface area (Å²) in [4.78, 5) is 79.3. The van der Waals surface area contributed by atoms with Crippen molar-refractivity contribution in [3.05, 3.63) is 147 Å². The van der Waals surface area contributed by atoms with Crippen LogP contribution in [0.1, 0.15) is 33.3 Å². The van der Waals surface area contributed by atoms with E-state index < -0.39 is 52.6 Å². The smallest absolute Gasteiger partial charge is 0.347 e. The number of para-hydroxylation sites is 1. The number of hydrogen-bond donors (Lipinski definition) is 0. The van der Waals surface area contributed by atoms with Gasteiger partial charge in [0.05, 0.1) is 31.7 Å². The van der Waals surface area contributed by atoms with Gasteiger partial charge in [0.1, 0.15) is 33.4 Å². The van der Waals surface area contributed by atoms with E-state index in [1.54, 1.807) is 60.4 Å². The lowest BCUT2D eigenvalue weighted by atomic mass is 9.71. The number of ketones is 1. The lowest BCUT2D eigenvalue weighted by Crippen LogP contribution is -2.55. The van der Waals surface area contributed by atoms with Gasteiger partial charge in [-0.3, -0.25) is 19.3 Å². The molecule has 3 atom stereocenters. The van der Waals surface area contributed by atoms with Crippen LogP contribution in [0.2, 0.25) is 0 Å². The fourth-order valence-corrected chi connectivity index (χ4v) is 9.17. The zero-order valence-electron chi connectivity index (χ0n) is 29.4. The summed E-state index contributed by atoms with van der Waals surface area (Å²) in [7, 11) is 2.77. The van der Waals surface area contributed by atoms with Crippen molar-refractivity contribution < 1.29 is 33.1 Å². The molecule has 0 bridgehead atoms. The fourth-order valence-electron chi connectivity index (χ4n) is 8.03. The van der Waals surface area contributed by atoms with Crippen molar-refractivity contribution in [3.8, 4) is 17.0 Å². The number of esters is 1. The van der Waals surface area contributed by atoms with Crippen molar-refractivity contribution >= 4 is 51.0 Å². The largest absolute Gasteiger partial charge is 0.497 e. The molecule has 0 aliphatic carbocycles. The Morgan fingerprint density at radius 3 is 2.07 bits per heavy atom. The summed E-state index contributed by atoms with van der Waals surface area (Å²) in [5.41, 5.74) is -0.190. The number of nitrogens with zero attached hydrogens (tertiary/aromatic N) is 3. The van der Waals surface area contributed by atoms with E-state index >= 15 is 0 Å². The monoisotopic (exact) mass is 739 g/mol. The maximum atomic E-state index is 14.7. The second-order valence-electron chi connectivity index (χ2n) is 13.0. The quantitative estimate of drug-likeness (QED) is 0.0743. The van der Waals surface area contributed by atoms with Crippen LogP contribution in [0.4, 0.5) is 5.13 Å². The summed E-state index contributed by atoms with van der Waals surface area (Å²) in [6.07, 6.45) is 0. The topological polar surface area (TPSA) is 136 Å². The standard InChI is InChI=1S/C42H33N3O8S/c1-4-44-37(47)31-32(38(44)48)42(26-14-7-5-8-15-26,27-16-9-6-10-17-27)45(34(31)40(50)52-3)41-43-33(24-19-21-28(51-2)22-20-24)36(54-41)35(46)29-23-25-13-11-12-18-30(25)53-39(29)49/h5-23,31-32,34H,4H2,1-3H3/t31?,32?,34-/m1/s1. The van der Waals surface area contributed by atoms with E-state index in [0.29, 0.717) is 33.4 Å². The Labute approximate surface area is 313 Å². The number of methoxy groups -OCH3 is 2. The number of amides is 2. The molecule has 8 rings (SSSR count). The summed E-state index contributed by atoms with van der Waals surface area (Å²) in [5, 5.41) is 0.717. The highest BCUT2D eigenvalue weighted by Crippen LogP contribution is 2.59. The minimum atomic E-state index is -1.49. The molecule has 0 radical (unpaired) electrons. The Hall–Kier alpha value is -6.40. The molecule has 2 saturated heterocycles.